The van der Waals surface area contributed by atoms with Crippen LogP contribution in [0.5, 0.6) is 0 Å². The number of hydrogen-bond donors (Lipinski definition) is 2. The second kappa shape index (κ2) is 9.59. The first-order chi connectivity index (χ1) is 14.3. The van der Waals surface area contributed by atoms with E-state index < -0.39 is 10.0 Å². The highest BCUT2D eigenvalue weighted by atomic mass is 32.2. The van der Waals surface area contributed by atoms with Crippen molar-refractivity contribution in [2.75, 3.05) is 4.72 Å². The van der Waals surface area contributed by atoms with E-state index in [2.05, 4.69) is 23.9 Å². The Hall–Kier alpha value is -3.12. The van der Waals surface area contributed by atoms with Crippen LogP contribution in [0.25, 0.3) is 0 Å². The topological polar surface area (TPSA) is 75.3 Å². The predicted octanol–water partition coefficient (Wildman–Crippen LogP) is 5.00. The van der Waals surface area contributed by atoms with Gasteiger partial charge in [0.2, 0.25) is 0 Å². The Bertz CT molecular complexity index is 1080. The first-order valence-corrected chi connectivity index (χ1v) is 11.4. The molecule has 0 aromatic heterocycles. The fourth-order valence-corrected chi connectivity index (χ4v) is 4.28. The highest BCUT2D eigenvalue weighted by molar-refractivity contribution is 7.92. The van der Waals surface area contributed by atoms with Crippen molar-refractivity contribution in [1.82, 2.24) is 5.32 Å². The third kappa shape index (κ3) is 5.70. The van der Waals surface area contributed by atoms with Crippen LogP contribution in [0.2, 0.25) is 0 Å². The summed E-state index contributed by atoms with van der Waals surface area (Å²) in [5.41, 5.74) is 1.78. The van der Waals surface area contributed by atoms with Crippen LogP contribution in [0.15, 0.2) is 89.8 Å². The summed E-state index contributed by atoms with van der Waals surface area (Å²) in [6.07, 6.45) is 0.802. The quantitative estimate of drug-likeness (QED) is 0.536. The van der Waals surface area contributed by atoms with Crippen LogP contribution >= 0.6 is 0 Å². The molecule has 30 heavy (non-hydrogen) atoms. The van der Waals surface area contributed by atoms with Crippen LogP contribution in [0.3, 0.4) is 0 Å². The Balaban J connectivity index is 1.78. The molecule has 0 saturated heterocycles. The van der Waals surface area contributed by atoms with E-state index in [0.29, 0.717) is 17.2 Å². The van der Waals surface area contributed by atoms with Gasteiger partial charge in [-0.25, -0.2) is 8.42 Å². The SMILES string of the molecule is CC(C)C[C@H](NC(=O)c1cccc(NS(=O)(=O)c2ccccc2)c1)c1ccccc1. The summed E-state index contributed by atoms with van der Waals surface area (Å²) >= 11 is 0. The van der Waals surface area contributed by atoms with Gasteiger partial charge in [-0.15, -0.1) is 0 Å². The maximum atomic E-state index is 12.9. The monoisotopic (exact) mass is 422 g/mol. The van der Waals surface area contributed by atoms with Crippen LogP contribution in [-0.2, 0) is 10.0 Å². The van der Waals surface area contributed by atoms with Crippen LogP contribution in [0.4, 0.5) is 5.69 Å². The first kappa shape index (κ1) is 21.6. The molecule has 0 fully saturated rings. The summed E-state index contributed by atoms with van der Waals surface area (Å²) < 4.78 is 27.6. The maximum Gasteiger partial charge on any atom is 0.261 e. The highest BCUT2D eigenvalue weighted by Crippen LogP contribution is 2.23. The van der Waals surface area contributed by atoms with E-state index in [-0.39, 0.29) is 16.8 Å². The number of rotatable bonds is 8. The molecule has 1 atom stereocenters. The van der Waals surface area contributed by atoms with Crippen LogP contribution < -0.4 is 10.0 Å². The summed E-state index contributed by atoms with van der Waals surface area (Å²) in [6, 6.07) is 24.4. The summed E-state index contributed by atoms with van der Waals surface area (Å²) in [6.45, 7) is 4.22. The van der Waals surface area contributed by atoms with Crippen molar-refractivity contribution in [1.29, 1.82) is 0 Å². The Morgan fingerprint density at radius 1 is 0.867 bits per heavy atom. The van der Waals surface area contributed by atoms with E-state index in [9.17, 15) is 13.2 Å². The molecule has 0 aliphatic heterocycles. The number of anilines is 1. The minimum atomic E-state index is -3.72. The molecule has 0 saturated carbocycles. The van der Waals surface area contributed by atoms with Crippen molar-refractivity contribution in [3.05, 3.63) is 96.1 Å². The molecule has 0 aliphatic carbocycles. The molecule has 5 nitrogen and oxygen atoms in total. The van der Waals surface area contributed by atoms with E-state index >= 15 is 0 Å². The van der Waals surface area contributed by atoms with Crippen molar-refractivity contribution in [2.45, 2.75) is 31.2 Å². The van der Waals surface area contributed by atoms with Gasteiger partial charge in [-0.05, 0) is 48.2 Å². The molecule has 3 aromatic rings. The smallest absolute Gasteiger partial charge is 0.261 e. The number of nitrogens with one attached hydrogen (secondary N) is 2. The Morgan fingerprint density at radius 3 is 2.13 bits per heavy atom. The van der Waals surface area contributed by atoms with Crippen LogP contribution in [0, 0.1) is 5.92 Å². The number of carbonyl (C=O) groups excluding carboxylic acids is 1. The van der Waals surface area contributed by atoms with E-state index in [1.807, 2.05) is 30.3 Å². The van der Waals surface area contributed by atoms with E-state index in [0.717, 1.165) is 12.0 Å². The third-order valence-electron chi connectivity index (χ3n) is 4.64. The lowest BCUT2D eigenvalue weighted by molar-refractivity contribution is 0.0932. The summed E-state index contributed by atoms with van der Waals surface area (Å²) in [4.78, 5) is 13.1. The molecule has 0 bridgehead atoms. The van der Waals surface area contributed by atoms with Gasteiger partial charge in [0.25, 0.3) is 15.9 Å². The average molecular weight is 423 g/mol. The van der Waals surface area contributed by atoms with Crippen LogP contribution in [0.1, 0.15) is 42.2 Å². The largest absolute Gasteiger partial charge is 0.345 e. The lowest BCUT2D eigenvalue weighted by atomic mass is 9.96. The molecule has 2 N–H and O–H groups in total. The van der Waals surface area contributed by atoms with Crippen molar-refractivity contribution in [3.8, 4) is 0 Å². The fraction of sp³-hybridized carbons (Fsp3) is 0.208. The lowest BCUT2D eigenvalue weighted by Gasteiger charge is -2.21. The number of hydrogen-bond acceptors (Lipinski definition) is 3. The van der Waals surface area contributed by atoms with Crippen molar-refractivity contribution >= 4 is 21.6 Å². The molecule has 6 heteroatoms. The summed E-state index contributed by atoms with van der Waals surface area (Å²) in [5.74, 6) is 0.157. The molecule has 0 heterocycles. The number of carbonyl (C=O) groups is 1. The standard InChI is InChI=1S/C24H26N2O3S/c1-18(2)16-23(19-10-5-3-6-11-19)25-24(27)20-12-9-13-21(17-20)26-30(28,29)22-14-7-4-8-15-22/h3-15,17-18,23,26H,16H2,1-2H3,(H,25,27)/t23-/m0/s1. The fourth-order valence-electron chi connectivity index (χ4n) is 3.21. The lowest BCUT2D eigenvalue weighted by Crippen LogP contribution is -2.29. The molecule has 0 unspecified atom stereocenters. The number of sulfonamides is 1. The second-order valence-electron chi connectivity index (χ2n) is 7.57. The molecule has 0 radical (unpaired) electrons. The van der Waals surface area contributed by atoms with Crippen molar-refractivity contribution < 1.29 is 13.2 Å². The average Bonchev–Trinajstić information content (AvgIpc) is 2.74. The molecule has 3 rings (SSSR count). The molecular formula is C24H26N2O3S. The minimum Gasteiger partial charge on any atom is -0.345 e. The van der Waals surface area contributed by atoms with E-state index in [1.54, 1.807) is 42.5 Å². The second-order valence-corrected chi connectivity index (χ2v) is 9.25. The maximum absolute atomic E-state index is 12.9. The van der Waals surface area contributed by atoms with Crippen molar-refractivity contribution in [2.24, 2.45) is 5.92 Å². The van der Waals surface area contributed by atoms with Gasteiger partial charge in [0.05, 0.1) is 10.9 Å². The molecular weight excluding hydrogens is 396 g/mol. The van der Waals surface area contributed by atoms with E-state index in [1.165, 1.54) is 12.1 Å². The van der Waals surface area contributed by atoms with Crippen LogP contribution in [-0.4, -0.2) is 14.3 Å². The zero-order valence-electron chi connectivity index (χ0n) is 17.1. The minimum absolute atomic E-state index is 0.122. The molecule has 0 spiro atoms. The van der Waals surface area contributed by atoms with Gasteiger partial charge in [0.1, 0.15) is 0 Å². The summed E-state index contributed by atoms with van der Waals surface area (Å²) in [7, 11) is -3.72. The van der Waals surface area contributed by atoms with Gasteiger partial charge in [0, 0.05) is 11.3 Å². The van der Waals surface area contributed by atoms with Gasteiger partial charge in [-0.1, -0.05) is 68.4 Å². The summed E-state index contributed by atoms with van der Waals surface area (Å²) in [5, 5.41) is 3.09. The molecule has 156 valence electrons. The van der Waals surface area contributed by atoms with Gasteiger partial charge in [-0.2, -0.15) is 0 Å². The van der Waals surface area contributed by atoms with Gasteiger partial charge in [0.15, 0.2) is 0 Å². The van der Waals surface area contributed by atoms with E-state index in [4.69, 9.17) is 0 Å². The Kier molecular flexibility index (Phi) is 6.90. The normalized spacial score (nSPS) is 12.4. The highest BCUT2D eigenvalue weighted by Gasteiger charge is 2.18. The van der Waals surface area contributed by atoms with Gasteiger partial charge in [-0.3, -0.25) is 9.52 Å². The Labute approximate surface area is 178 Å². The van der Waals surface area contributed by atoms with Gasteiger partial charge >= 0.3 is 0 Å². The third-order valence-corrected chi connectivity index (χ3v) is 6.04. The van der Waals surface area contributed by atoms with Crippen molar-refractivity contribution in [3.63, 3.8) is 0 Å². The first-order valence-electron chi connectivity index (χ1n) is 9.89. The molecule has 1 amide bonds. The number of benzene rings is 3. The number of amides is 1. The predicted molar refractivity (Wildman–Crippen MR) is 120 cm³/mol. The van der Waals surface area contributed by atoms with Gasteiger partial charge < -0.3 is 5.32 Å². The molecule has 0 aliphatic rings. The zero-order valence-corrected chi connectivity index (χ0v) is 17.9. The zero-order chi connectivity index (χ0) is 21.6. The Morgan fingerprint density at radius 2 is 1.50 bits per heavy atom. The molecule has 3 aromatic carbocycles.